The van der Waals surface area contributed by atoms with E-state index < -0.39 is 35.8 Å². The van der Waals surface area contributed by atoms with E-state index in [1.807, 2.05) is 24.3 Å². The SMILES string of the molecule is CCCCOc1ccc(C(=O)NNC(=O)CN2C(=O)NC3(CCCc4ccccc43)C2=O)cc1OC. The van der Waals surface area contributed by atoms with Gasteiger partial charge in [-0.25, -0.2) is 4.79 Å². The van der Waals surface area contributed by atoms with Gasteiger partial charge in [-0.1, -0.05) is 37.6 Å². The van der Waals surface area contributed by atoms with Gasteiger partial charge in [-0.15, -0.1) is 0 Å². The molecular formula is C26H30N4O6. The first kappa shape index (κ1) is 25.0. The van der Waals surface area contributed by atoms with E-state index in [0.29, 0.717) is 24.5 Å². The number of nitrogens with one attached hydrogen (secondary N) is 3. The van der Waals surface area contributed by atoms with E-state index >= 15 is 0 Å². The molecule has 2 aromatic carbocycles. The fourth-order valence-electron chi connectivity index (χ4n) is 4.59. The second kappa shape index (κ2) is 10.7. The average molecular weight is 495 g/mol. The van der Waals surface area contributed by atoms with Crippen LogP contribution in [0.1, 0.15) is 54.1 Å². The van der Waals surface area contributed by atoms with Crippen LogP contribution in [-0.2, 0) is 21.5 Å². The zero-order valence-corrected chi connectivity index (χ0v) is 20.4. The molecule has 5 amide bonds. The fourth-order valence-corrected chi connectivity index (χ4v) is 4.59. The van der Waals surface area contributed by atoms with Crippen LogP contribution >= 0.6 is 0 Å². The lowest BCUT2D eigenvalue weighted by molar-refractivity contribution is -0.135. The van der Waals surface area contributed by atoms with Crippen molar-refractivity contribution >= 4 is 23.8 Å². The van der Waals surface area contributed by atoms with Crippen LogP contribution in [0.2, 0.25) is 0 Å². The third-order valence-corrected chi connectivity index (χ3v) is 6.45. The number of nitrogens with zero attached hydrogens (tertiary/aromatic N) is 1. The van der Waals surface area contributed by atoms with Crippen LogP contribution in [0.15, 0.2) is 42.5 Å². The Morgan fingerprint density at radius 2 is 1.92 bits per heavy atom. The zero-order chi connectivity index (χ0) is 25.7. The zero-order valence-electron chi connectivity index (χ0n) is 20.4. The van der Waals surface area contributed by atoms with Gasteiger partial charge in [-0.05, 0) is 55.0 Å². The number of ether oxygens (including phenoxy) is 2. The molecule has 1 aliphatic heterocycles. The number of hydrazine groups is 1. The summed E-state index contributed by atoms with van der Waals surface area (Å²) in [6, 6.07) is 11.5. The van der Waals surface area contributed by atoms with E-state index in [4.69, 9.17) is 9.47 Å². The minimum Gasteiger partial charge on any atom is -0.493 e. The third kappa shape index (κ3) is 4.84. The monoisotopic (exact) mass is 494 g/mol. The Bertz CT molecular complexity index is 1180. The first-order chi connectivity index (χ1) is 17.4. The molecule has 0 radical (unpaired) electrons. The molecule has 1 heterocycles. The number of aryl methyl sites for hydroxylation is 1. The van der Waals surface area contributed by atoms with Crippen molar-refractivity contribution in [2.45, 2.75) is 44.6 Å². The molecule has 0 saturated carbocycles. The number of carbonyl (C=O) groups is 4. The molecule has 36 heavy (non-hydrogen) atoms. The lowest BCUT2D eigenvalue weighted by Crippen LogP contribution is -2.49. The summed E-state index contributed by atoms with van der Waals surface area (Å²) in [4.78, 5) is 51.9. The highest BCUT2D eigenvalue weighted by Crippen LogP contribution is 2.39. The van der Waals surface area contributed by atoms with Gasteiger partial charge in [-0.3, -0.25) is 30.1 Å². The van der Waals surface area contributed by atoms with Crippen LogP contribution in [0.4, 0.5) is 4.79 Å². The van der Waals surface area contributed by atoms with Gasteiger partial charge in [0.05, 0.1) is 13.7 Å². The topological polar surface area (TPSA) is 126 Å². The van der Waals surface area contributed by atoms with E-state index in [0.717, 1.165) is 41.7 Å². The maximum absolute atomic E-state index is 13.3. The second-order valence-corrected chi connectivity index (χ2v) is 8.81. The lowest BCUT2D eigenvalue weighted by Gasteiger charge is -2.33. The molecule has 1 aliphatic carbocycles. The normalized spacial score (nSPS) is 18.4. The van der Waals surface area contributed by atoms with Crippen molar-refractivity contribution in [1.82, 2.24) is 21.1 Å². The lowest BCUT2D eigenvalue weighted by atomic mass is 9.76. The minimum absolute atomic E-state index is 0.239. The van der Waals surface area contributed by atoms with Gasteiger partial charge >= 0.3 is 6.03 Å². The van der Waals surface area contributed by atoms with Crippen LogP contribution in [0.5, 0.6) is 11.5 Å². The summed E-state index contributed by atoms with van der Waals surface area (Å²) in [7, 11) is 1.47. The van der Waals surface area contributed by atoms with Crippen LogP contribution in [0.3, 0.4) is 0 Å². The Kier molecular flexibility index (Phi) is 7.42. The summed E-state index contributed by atoms with van der Waals surface area (Å²) >= 11 is 0. The number of imide groups is 1. The Morgan fingerprint density at radius 3 is 2.69 bits per heavy atom. The van der Waals surface area contributed by atoms with E-state index in [2.05, 4.69) is 23.1 Å². The number of unbranched alkanes of at least 4 members (excludes halogenated alkanes) is 1. The van der Waals surface area contributed by atoms with Crippen molar-refractivity contribution in [2.75, 3.05) is 20.3 Å². The molecule has 1 unspecified atom stereocenters. The third-order valence-electron chi connectivity index (χ3n) is 6.45. The van der Waals surface area contributed by atoms with Crippen molar-refractivity contribution in [1.29, 1.82) is 0 Å². The van der Waals surface area contributed by atoms with Crippen LogP contribution in [-0.4, -0.2) is 48.9 Å². The van der Waals surface area contributed by atoms with Gasteiger partial charge in [0.15, 0.2) is 11.5 Å². The molecule has 3 N–H and O–H groups in total. The molecule has 1 saturated heterocycles. The van der Waals surface area contributed by atoms with Gasteiger partial charge in [0, 0.05) is 5.56 Å². The number of hydrogen-bond acceptors (Lipinski definition) is 6. The van der Waals surface area contributed by atoms with Crippen LogP contribution < -0.4 is 25.6 Å². The Labute approximate surface area is 209 Å². The number of carbonyl (C=O) groups excluding carboxylic acids is 4. The van der Waals surface area contributed by atoms with Crippen LogP contribution in [0.25, 0.3) is 0 Å². The molecular weight excluding hydrogens is 464 g/mol. The number of fused-ring (bicyclic) bond motifs is 2. The predicted molar refractivity (Wildman–Crippen MR) is 130 cm³/mol. The largest absolute Gasteiger partial charge is 0.493 e. The number of hydrogen-bond donors (Lipinski definition) is 3. The van der Waals surface area contributed by atoms with Gasteiger partial charge < -0.3 is 14.8 Å². The number of benzene rings is 2. The van der Waals surface area contributed by atoms with Gasteiger partial charge in [0.1, 0.15) is 12.1 Å². The molecule has 0 bridgehead atoms. The summed E-state index contributed by atoms with van der Waals surface area (Å²) < 4.78 is 11.0. The van der Waals surface area contributed by atoms with E-state index in [1.165, 1.54) is 13.2 Å². The van der Waals surface area contributed by atoms with Gasteiger partial charge in [0.25, 0.3) is 17.7 Å². The maximum atomic E-state index is 13.3. The molecule has 2 aromatic rings. The number of amides is 5. The maximum Gasteiger partial charge on any atom is 0.325 e. The second-order valence-electron chi connectivity index (χ2n) is 8.81. The Hall–Kier alpha value is -4.08. The first-order valence-corrected chi connectivity index (χ1v) is 12.0. The molecule has 4 rings (SSSR count). The quantitative estimate of drug-likeness (QED) is 0.294. The van der Waals surface area contributed by atoms with Crippen molar-refractivity contribution in [3.05, 3.63) is 59.2 Å². The van der Waals surface area contributed by atoms with E-state index in [1.54, 1.807) is 12.1 Å². The van der Waals surface area contributed by atoms with Crippen molar-refractivity contribution in [2.24, 2.45) is 0 Å². The summed E-state index contributed by atoms with van der Waals surface area (Å²) in [5.41, 5.74) is 5.43. The van der Waals surface area contributed by atoms with Crippen LogP contribution in [0, 0.1) is 0 Å². The van der Waals surface area contributed by atoms with E-state index in [-0.39, 0.29) is 5.56 Å². The Balaban J connectivity index is 1.37. The highest BCUT2D eigenvalue weighted by Gasteiger charge is 2.54. The molecule has 10 nitrogen and oxygen atoms in total. The number of methoxy groups -OCH3 is 1. The fraction of sp³-hybridized carbons (Fsp3) is 0.385. The first-order valence-electron chi connectivity index (χ1n) is 12.0. The van der Waals surface area contributed by atoms with Gasteiger partial charge in [0.2, 0.25) is 0 Å². The highest BCUT2D eigenvalue weighted by molar-refractivity contribution is 6.09. The summed E-state index contributed by atoms with van der Waals surface area (Å²) in [6.45, 7) is 2.06. The van der Waals surface area contributed by atoms with Crippen molar-refractivity contribution < 1.29 is 28.7 Å². The predicted octanol–water partition coefficient (Wildman–Crippen LogP) is 2.42. The molecule has 1 spiro atoms. The molecule has 1 fully saturated rings. The number of urea groups is 1. The standard InChI is InChI=1S/C26H30N4O6/c1-3-4-14-36-20-12-11-18(15-21(20)35-2)23(32)29-28-22(31)16-30-24(33)26(27-25(30)34)13-7-9-17-8-5-6-10-19(17)26/h5-6,8,10-12,15H,3-4,7,9,13-14,16H2,1-2H3,(H,27,34)(H,28,31)(H,29,32). The Morgan fingerprint density at radius 1 is 1.11 bits per heavy atom. The number of rotatable bonds is 8. The molecule has 1 atom stereocenters. The highest BCUT2D eigenvalue weighted by atomic mass is 16.5. The summed E-state index contributed by atoms with van der Waals surface area (Å²) in [6.07, 6.45) is 3.91. The van der Waals surface area contributed by atoms with Crippen molar-refractivity contribution in [3.8, 4) is 11.5 Å². The minimum atomic E-state index is -1.16. The average Bonchev–Trinajstić information content (AvgIpc) is 3.12. The summed E-state index contributed by atoms with van der Waals surface area (Å²) in [5.74, 6) is -0.855. The smallest absolute Gasteiger partial charge is 0.325 e. The molecule has 10 heteroatoms. The van der Waals surface area contributed by atoms with E-state index in [9.17, 15) is 19.2 Å². The molecule has 2 aliphatic rings. The molecule has 190 valence electrons. The van der Waals surface area contributed by atoms with Gasteiger partial charge in [-0.2, -0.15) is 0 Å². The van der Waals surface area contributed by atoms with Crippen molar-refractivity contribution in [3.63, 3.8) is 0 Å². The molecule has 0 aromatic heterocycles. The summed E-state index contributed by atoms with van der Waals surface area (Å²) in [5, 5.41) is 2.80.